The Bertz CT molecular complexity index is 464. The molecule has 0 saturated carbocycles. The molecule has 3 rings (SSSR count). The number of fused-ring (bicyclic) bond motifs is 3. The van der Waals surface area contributed by atoms with Crippen molar-refractivity contribution in [3.05, 3.63) is 35.4 Å². The van der Waals surface area contributed by atoms with Crippen LogP contribution in [0, 0.1) is 5.92 Å². The molecule has 0 radical (unpaired) electrons. The Labute approximate surface area is 93.4 Å². The summed E-state index contributed by atoms with van der Waals surface area (Å²) in [6.45, 7) is 0. The van der Waals surface area contributed by atoms with Gasteiger partial charge in [-0.15, -0.1) is 0 Å². The van der Waals surface area contributed by atoms with Gasteiger partial charge in [0.05, 0.1) is 11.8 Å². The summed E-state index contributed by atoms with van der Waals surface area (Å²) in [5.41, 5.74) is 2.17. The van der Waals surface area contributed by atoms with E-state index in [9.17, 15) is 9.59 Å². The standard InChI is InChI=1S/C13H12O3/c14-12-10-7-3-5-8-4-1-2-6-9(8)11(10)13(15)16-12/h1-2,4,6,10-11H,3,5,7H2. The number of hydrogen-bond donors (Lipinski definition) is 0. The van der Waals surface area contributed by atoms with Crippen molar-refractivity contribution in [1.82, 2.24) is 0 Å². The van der Waals surface area contributed by atoms with E-state index in [4.69, 9.17) is 4.74 Å². The molecule has 2 unspecified atom stereocenters. The smallest absolute Gasteiger partial charge is 0.321 e. The van der Waals surface area contributed by atoms with Gasteiger partial charge in [-0.05, 0) is 30.4 Å². The van der Waals surface area contributed by atoms with Gasteiger partial charge in [0.1, 0.15) is 0 Å². The van der Waals surface area contributed by atoms with Crippen molar-refractivity contribution in [3.8, 4) is 0 Å². The predicted molar refractivity (Wildman–Crippen MR) is 56.7 cm³/mol. The molecule has 1 saturated heterocycles. The second-order valence-electron chi connectivity index (χ2n) is 4.42. The fourth-order valence-corrected chi connectivity index (χ4v) is 2.74. The first-order valence-electron chi connectivity index (χ1n) is 5.61. The number of benzene rings is 1. The predicted octanol–water partition coefficient (Wildman–Crippen LogP) is 1.81. The quantitative estimate of drug-likeness (QED) is 0.490. The molecule has 2 aliphatic rings. The normalized spacial score (nSPS) is 28.0. The molecular weight excluding hydrogens is 204 g/mol. The van der Waals surface area contributed by atoms with E-state index in [1.807, 2.05) is 24.3 Å². The molecule has 1 fully saturated rings. The van der Waals surface area contributed by atoms with Crippen molar-refractivity contribution in [2.24, 2.45) is 5.92 Å². The van der Waals surface area contributed by atoms with Crippen molar-refractivity contribution in [2.75, 3.05) is 0 Å². The van der Waals surface area contributed by atoms with Gasteiger partial charge in [-0.1, -0.05) is 24.3 Å². The van der Waals surface area contributed by atoms with Gasteiger partial charge < -0.3 is 4.74 Å². The molecule has 3 heteroatoms. The van der Waals surface area contributed by atoms with Crippen molar-refractivity contribution in [1.29, 1.82) is 0 Å². The van der Waals surface area contributed by atoms with Crippen LogP contribution in [0.1, 0.15) is 29.9 Å². The molecule has 82 valence electrons. The summed E-state index contributed by atoms with van der Waals surface area (Å²) in [7, 11) is 0. The highest BCUT2D eigenvalue weighted by Crippen LogP contribution is 2.40. The Morgan fingerprint density at radius 3 is 2.81 bits per heavy atom. The Balaban J connectivity index is 2.13. The minimum absolute atomic E-state index is 0.254. The van der Waals surface area contributed by atoms with Gasteiger partial charge in [0.2, 0.25) is 0 Å². The Morgan fingerprint density at radius 1 is 1.12 bits per heavy atom. The highest BCUT2D eigenvalue weighted by molar-refractivity contribution is 5.99. The zero-order valence-electron chi connectivity index (χ0n) is 8.81. The lowest BCUT2D eigenvalue weighted by molar-refractivity contribution is -0.153. The third-order valence-corrected chi connectivity index (χ3v) is 3.51. The summed E-state index contributed by atoms with van der Waals surface area (Å²) >= 11 is 0. The zero-order chi connectivity index (χ0) is 11.1. The van der Waals surface area contributed by atoms with Crippen molar-refractivity contribution >= 4 is 11.9 Å². The van der Waals surface area contributed by atoms with Gasteiger partial charge in [-0.25, -0.2) is 0 Å². The second kappa shape index (κ2) is 3.44. The Morgan fingerprint density at radius 2 is 1.94 bits per heavy atom. The average Bonchev–Trinajstić information content (AvgIpc) is 2.49. The molecule has 16 heavy (non-hydrogen) atoms. The van der Waals surface area contributed by atoms with E-state index in [2.05, 4.69) is 0 Å². The lowest BCUT2D eigenvalue weighted by atomic mass is 9.86. The maximum Gasteiger partial charge on any atom is 0.321 e. The molecule has 0 aromatic heterocycles. The number of cyclic esters (lactones) is 2. The van der Waals surface area contributed by atoms with Gasteiger partial charge in [0, 0.05) is 0 Å². The van der Waals surface area contributed by atoms with Gasteiger partial charge >= 0.3 is 11.9 Å². The van der Waals surface area contributed by atoms with E-state index in [1.54, 1.807) is 0 Å². The van der Waals surface area contributed by atoms with Crippen molar-refractivity contribution < 1.29 is 14.3 Å². The molecule has 1 aromatic carbocycles. The largest absolute Gasteiger partial charge is 0.392 e. The minimum atomic E-state index is -0.371. The van der Waals surface area contributed by atoms with E-state index < -0.39 is 0 Å². The molecule has 1 heterocycles. The molecule has 0 N–H and O–H groups in total. The summed E-state index contributed by atoms with van der Waals surface area (Å²) < 4.78 is 4.74. The first-order valence-corrected chi connectivity index (χ1v) is 5.61. The van der Waals surface area contributed by atoms with E-state index in [0.29, 0.717) is 0 Å². The summed E-state index contributed by atoms with van der Waals surface area (Å²) in [5.74, 6) is -1.32. The topological polar surface area (TPSA) is 43.4 Å². The number of aryl methyl sites for hydroxylation is 1. The number of rotatable bonds is 0. The van der Waals surface area contributed by atoms with E-state index in [-0.39, 0.29) is 23.8 Å². The summed E-state index contributed by atoms with van der Waals surface area (Å²) in [6, 6.07) is 7.87. The molecular formula is C13H12O3. The van der Waals surface area contributed by atoms with Crippen LogP contribution in [-0.2, 0) is 20.7 Å². The first kappa shape index (κ1) is 9.58. The highest BCUT2D eigenvalue weighted by Gasteiger charge is 2.46. The first-order chi connectivity index (χ1) is 7.77. The fraction of sp³-hybridized carbons (Fsp3) is 0.385. The van der Waals surface area contributed by atoms with Crippen LogP contribution in [0.4, 0.5) is 0 Å². The van der Waals surface area contributed by atoms with Crippen LogP contribution in [0.5, 0.6) is 0 Å². The summed E-state index contributed by atoms with van der Waals surface area (Å²) in [4.78, 5) is 23.2. The zero-order valence-corrected chi connectivity index (χ0v) is 8.81. The van der Waals surface area contributed by atoms with E-state index in [1.165, 1.54) is 5.56 Å². The molecule has 1 aliphatic carbocycles. The van der Waals surface area contributed by atoms with Crippen LogP contribution < -0.4 is 0 Å². The number of esters is 2. The van der Waals surface area contributed by atoms with Crippen LogP contribution in [0.2, 0.25) is 0 Å². The molecule has 3 nitrogen and oxygen atoms in total. The summed E-state index contributed by atoms with van der Waals surface area (Å²) in [6.07, 6.45) is 2.65. The molecule has 0 spiro atoms. The van der Waals surface area contributed by atoms with Crippen LogP contribution >= 0.6 is 0 Å². The minimum Gasteiger partial charge on any atom is -0.392 e. The highest BCUT2D eigenvalue weighted by atomic mass is 16.6. The maximum absolute atomic E-state index is 11.7. The maximum atomic E-state index is 11.7. The van der Waals surface area contributed by atoms with Crippen molar-refractivity contribution in [2.45, 2.75) is 25.2 Å². The van der Waals surface area contributed by atoms with Gasteiger partial charge in [-0.3, -0.25) is 9.59 Å². The molecule has 0 bridgehead atoms. The van der Waals surface area contributed by atoms with Gasteiger partial charge in [-0.2, -0.15) is 0 Å². The molecule has 1 aliphatic heterocycles. The lowest BCUT2D eigenvalue weighted by Gasteiger charge is -2.11. The summed E-state index contributed by atoms with van der Waals surface area (Å²) in [5, 5.41) is 0. The third kappa shape index (κ3) is 1.28. The van der Waals surface area contributed by atoms with Crippen LogP contribution in [0.15, 0.2) is 24.3 Å². The lowest BCUT2D eigenvalue weighted by Crippen LogP contribution is -2.14. The third-order valence-electron chi connectivity index (χ3n) is 3.51. The number of carbonyl (C=O) groups is 2. The average molecular weight is 216 g/mol. The SMILES string of the molecule is O=C1OC(=O)C2c3ccccc3CCCC12. The fourth-order valence-electron chi connectivity index (χ4n) is 2.74. The number of ether oxygens (including phenoxy) is 1. The second-order valence-corrected chi connectivity index (χ2v) is 4.42. The number of carbonyl (C=O) groups excluding carboxylic acids is 2. The van der Waals surface area contributed by atoms with E-state index >= 15 is 0 Å². The van der Waals surface area contributed by atoms with Crippen LogP contribution in [-0.4, -0.2) is 11.9 Å². The molecule has 2 atom stereocenters. The number of hydrogen-bond acceptors (Lipinski definition) is 3. The Hall–Kier alpha value is -1.64. The van der Waals surface area contributed by atoms with Crippen LogP contribution in [0.3, 0.4) is 0 Å². The molecule has 0 amide bonds. The van der Waals surface area contributed by atoms with Crippen molar-refractivity contribution in [3.63, 3.8) is 0 Å². The Kier molecular flexibility index (Phi) is 2.06. The van der Waals surface area contributed by atoms with E-state index in [0.717, 1.165) is 24.8 Å². The molecule has 1 aromatic rings. The monoisotopic (exact) mass is 216 g/mol. The van der Waals surface area contributed by atoms with Crippen LogP contribution in [0.25, 0.3) is 0 Å². The van der Waals surface area contributed by atoms with Gasteiger partial charge in [0.25, 0.3) is 0 Å². The van der Waals surface area contributed by atoms with Gasteiger partial charge in [0.15, 0.2) is 0 Å².